The van der Waals surface area contributed by atoms with Crippen LogP contribution in [-0.2, 0) is 5.54 Å². The molecule has 0 bridgehead atoms. The molecule has 0 aliphatic rings. The van der Waals surface area contributed by atoms with Gasteiger partial charge in [0.15, 0.2) is 0 Å². The molecule has 0 saturated carbocycles. The fourth-order valence-electron chi connectivity index (χ4n) is 2.00. The van der Waals surface area contributed by atoms with Gasteiger partial charge < -0.3 is 0 Å². The quantitative estimate of drug-likeness (QED) is 0.669. The third-order valence-electron chi connectivity index (χ3n) is 2.98. The molecule has 110 valence electrons. The molecule has 20 heavy (non-hydrogen) atoms. The predicted molar refractivity (Wildman–Crippen MR) is 84.9 cm³/mol. The number of aliphatic imine (C=N–C) groups is 1. The summed E-state index contributed by atoms with van der Waals surface area (Å²) in [4.78, 5) is 16.6. The standard InChI is InChI=1S/C15H24N4O/c1-8-18-11(12(17-10-16)14(2,3)4)9-19(13(18)20)15(5,6)7/h8-10,16H,1H2,2-7H3. The third kappa shape index (κ3) is 2.98. The molecule has 0 aromatic carbocycles. The second-order valence-corrected chi connectivity index (χ2v) is 6.75. The molecule has 1 rings (SSSR count). The predicted octanol–water partition coefficient (Wildman–Crippen LogP) is 2.95. The van der Waals surface area contributed by atoms with Gasteiger partial charge in [-0.25, -0.2) is 9.79 Å². The van der Waals surface area contributed by atoms with Gasteiger partial charge in [-0.1, -0.05) is 27.4 Å². The fourth-order valence-corrected chi connectivity index (χ4v) is 2.00. The van der Waals surface area contributed by atoms with Crippen LogP contribution in [0.5, 0.6) is 0 Å². The molecule has 0 radical (unpaired) electrons. The highest BCUT2D eigenvalue weighted by molar-refractivity contribution is 6.06. The number of aromatic nitrogens is 2. The third-order valence-corrected chi connectivity index (χ3v) is 2.98. The summed E-state index contributed by atoms with van der Waals surface area (Å²) >= 11 is 0. The van der Waals surface area contributed by atoms with E-state index in [0.29, 0.717) is 11.4 Å². The van der Waals surface area contributed by atoms with Crippen molar-refractivity contribution in [3.63, 3.8) is 0 Å². The Morgan fingerprint density at radius 2 is 1.85 bits per heavy atom. The van der Waals surface area contributed by atoms with E-state index in [2.05, 4.69) is 11.6 Å². The summed E-state index contributed by atoms with van der Waals surface area (Å²) in [6.45, 7) is 15.6. The maximum atomic E-state index is 12.4. The Morgan fingerprint density at radius 1 is 1.30 bits per heavy atom. The first-order valence-corrected chi connectivity index (χ1v) is 6.58. The Kier molecular flexibility index (Phi) is 4.22. The van der Waals surface area contributed by atoms with Crippen molar-refractivity contribution in [2.75, 3.05) is 0 Å². The van der Waals surface area contributed by atoms with Gasteiger partial charge in [0, 0.05) is 23.4 Å². The van der Waals surface area contributed by atoms with Gasteiger partial charge in [-0.15, -0.1) is 0 Å². The summed E-state index contributed by atoms with van der Waals surface area (Å²) in [5.74, 6) is 0. The van der Waals surface area contributed by atoms with Gasteiger partial charge in [-0.3, -0.25) is 14.5 Å². The molecule has 0 unspecified atom stereocenters. The first-order valence-electron chi connectivity index (χ1n) is 6.58. The van der Waals surface area contributed by atoms with Crippen LogP contribution in [0.4, 0.5) is 0 Å². The lowest BCUT2D eigenvalue weighted by Gasteiger charge is -2.21. The number of rotatable bonds is 3. The highest BCUT2D eigenvalue weighted by Gasteiger charge is 2.27. The van der Waals surface area contributed by atoms with Crippen molar-refractivity contribution < 1.29 is 0 Å². The first kappa shape index (κ1) is 16.1. The Bertz CT molecular complexity index is 603. The van der Waals surface area contributed by atoms with Gasteiger partial charge in [0.05, 0.1) is 11.4 Å². The van der Waals surface area contributed by atoms with E-state index >= 15 is 0 Å². The van der Waals surface area contributed by atoms with Crippen molar-refractivity contribution in [2.24, 2.45) is 10.4 Å². The molecule has 1 aromatic heterocycles. The van der Waals surface area contributed by atoms with Gasteiger partial charge >= 0.3 is 5.69 Å². The van der Waals surface area contributed by atoms with Crippen LogP contribution in [0.2, 0.25) is 0 Å². The molecule has 0 saturated heterocycles. The van der Waals surface area contributed by atoms with Crippen LogP contribution in [0.25, 0.3) is 6.20 Å². The Hall–Kier alpha value is -1.91. The van der Waals surface area contributed by atoms with Gasteiger partial charge in [-0.2, -0.15) is 0 Å². The monoisotopic (exact) mass is 276 g/mol. The first-order chi connectivity index (χ1) is 9.04. The van der Waals surface area contributed by atoms with Crippen molar-refractivity contribution in [1.29, 1.82) is 5.41 Å². The van der Waals surface area contributed by atoms with Crippen LogP contribution in [0.1, 0.15) is 47.2 Å². The van der Waals surface area contributed by atoms with E-state index in [0.717, 1.165) is 6.34 Å². The SMILES string of the molecule is C=Cn1c(C(=NC=N)C(C)(C)C)cn(C(C)(C)C)c1=O. The molecular weight excluding hydrogens is 252 g/mol. The van der Waals surface area contributed by atoms with E-state index in [1.807, 2.05) is 41.5 Å². The molecule has 1 heterocycles. The van der Waals surface area contributed by atoms with Crippen LogP contribution in [0.15, 0.2) is 22.6 Å². The number of imidazole rings is 1. The normalized spacial score (nSPS) is 13.4. The maximum Gasteiger partial charge on any atom is 0.333 e. The lowest BCUT2D eigenvalue weighted by atomic mass is 9.88. The van der Waals surface area contributed by atoms with Crippen LogP contribution >= 0.6 is 0 Å². The molecule has 0 amide bonds. The fraction of sp³-hybridized carbons (Fsp3) is 0.533. The minimum atomic E-state index is -0.326. The Labute approximate surface area is 120 Å². The van der Waals surface area contributed by atoms with E-state index in [1.165, 1.54) is 10.8 Å². The smallest absolute Gasteiger partial charge is 0.293 e. The molecular formula is C15H24N4O. The largest absolute Gasteiger partial charge is 0.333 e. The summed E-state index contributed by atoms with van der Waals surface area (Å²) in [5, 5.41) is 7.24. The zero-order valence-electron chi connectivity index (χ0n) is 13.2. The van der Waals surface area contributed by atoms with Crippen molar-refractivity contribution in [3.8, 4) is 0 Å². The molecule has 0 fully saturated rings. The van der Waals surface area contributed by atoms with Gasteiger partial charge in [0.25, 0.3) is 0 Å². The second-order valence-electron chi connectivity index (χ2n) is 6.75. The number of hydrogen-bond acceptors (Lipinski definition) is 2. The van der Waals surface area contributed by atoms with Crippen molar-refractivity contribution in [2.45, 2.75) is 47.1 Å². The van der Waals surface area contributed by atoms with Crippen molar-refractivity contribution >= 4 is 18.3 Å². The molecule has 0 spiro atoms. The topological polar surface area (TPSA) is 63.1 Å². The van der Waals surface area contributed by atoms with E-state index in [9.17, 15) is 4.79 Å². The molecule has 5 heteroatoms. The number of nitrogens with one attached hydrogen (secondary N) is 1. The second kappa shape index (κ2) is 5.23. The van der Waals surface area contributed by atoms with Gasteiger partial charge in [0.1, 0.15) is 6.34 Å². The van der Waals surface area contributed by atoms with Crippen LogP contribution < -0.4 is 5.69 Å². The molecule has 1 N–H and O–H groups in total. The average molecular weight is 276 g/mol. The molecule has 0 aliphatic heterocycles. The van der Waals surface area contributed by atoms with E-state index in [4.69, 9.17) is 5.41 Å². The number of hydrogen-bond donors (Lipinski definition) is 1. The van der Waals surface area contributed by atoms with Crippen LogP contribution in [0.3, 0.4) is 0 Å². The molecule has 5 nitrogen and oxygen atoms in total. The summed E-state index contributed by atoms with van der Waals surface area (Å²) in [6.07, 6.45) is 4.29. The van der Waals surface area contributed by atoms with Crippen molar-refractivity contribution in [1.82, 2.24) is 9.13 Å². The van der Waals surface area contributed by atoms with E-state index in [-0.39, 0.29) is 16.6 Å². The minimum absolute atomic E-state index is 0.149. The maximum absolute atomic E-state index is 12.4. The van der Waals surface area contributed by atoms with Crippen LogP contribution in [-0.4, -0.2) is 21.2 Å². The van der Waals surface area contributed by atoms with E-state index < -0.39 is 0 Å². The lowest BCUT2D eigenvalue weighted by molar-refractivity contribution is 0.383. The Morgan fingerprint density at radius 3 is 2.20 bits per heavy atom. The van der Waals surface area contributed by atoms with Gasteiger partial charge in [0.2, 0.25) is 0 Å². The van der Waals surface area contributed by atoms with Crippen molar-refractivity contribution in [3.05, 3.63) is 29.0 Å². The lowest BCUT2D eigenvalue weighted by Crippen LogP contribution is -2.33. The minimum Gasteiger partial charge on any atom is -0.293 e. The van der Waals surface area contributed by atoms with Gasteiger partial charge in [-0.05, 0) is 20.8 Å². The highest BCUT2D eigenvalue weighted by atomic mass is 16.1. The molecule has 0 atom stereocenters. The zero-order chi connectivity index (χ0) is 15.7. The van der Waals surface area contributed by atoms with Crippen LogP contribution in [0, 0.1) is 10.8 Å². The number of nitrogens with zero attached hydrogens (tertiary/aromatic N) is 3. The molecule has 1 aromatic rings. The summed E-state index contributed by atoms with van der Waals surface area (Å²) < 4.78 is 3.15. The summed E-state index contributed by atoms with van der Waals surface area (Å²) in [6, 6.07) is 0. The highest BCUT2D eigenvalue weighted by Crippen LogP contribution is 2.23. The average Bonchev–Trinajstić information content (AvgIpc) is 2.60. The zero-order valence-corrected chi connectivity index (χ0v) is 13.2. The Balaban J connectivity index is 3.69. The summed E-state index contributed by atoms with van der Waals surface area (Å²) in [7, 11) is 0. The summed E-state index contributed by atoms with van der Waals surface area (Å²) in [5.41, 5.74) is 0.611. The molecule has 0 aliphatic carbocycles. The van der Waals surface area contributed by atoms with E-state index in [1.54, 1.807) is 10.8 Å².